The molecule has 0 aliphatic heterocycles. The van der Waals surface area contributed by atoms with Gasteiger partial charge in [-0.3, -0.25) is 4.79 Å². The number of nitrogens with one attached hydrogen (secondary N) is 1. The number of rotatable bonds is 7. The zero-order valence-electron chi connectivity index (χ0n) is 12.8. The van der Waals surface area contributed by atoms with Gasteiger partial charge in [-0.2, -0.15) is 0 Å². The Balaban J connectivity index is 2.23. The van der Waals surface area contributed by atoms with E-state index < -0.39 is 0 Å². The second-order valence-corrected chi connectivity index (χ2v) is 5.83. The third-order valence-electron chi connectivity index (χ3n) is 4.42. The lowest BCUT2D eigenvalue weighted by molar-refractivity contribution is -0.127. The van der Waals surface area contributed by atoms with Gasteiger partial charge in [0.15, 0.2) is 0 Å². The highest BCUT2D eigenvalue weighted by Crippen LogP contribution is 2.29. The molecular weight excluding hydrogens is 238 g/mol. The average molecular weight is 269 g/mol. The fourth-order valence-electron chi connectivity index (χ4n) is 2.91. The summed E-state index contributed by atoms with van der Waals surface area (Å²) in [5.74, 6) is 0.807. The molecule has 112 valence electrons. The van der Waals surface area contributed by atoms with Gasteiger partial charge in [0.2, 0.25) is 5.91 Å². The summed E-state index contributed by atoms with van der Waals surface area (Å²) in [6.45, 7) is 10.5. The largest absolute Gasteiger partial charge is 0.356 e. The van der Waals surface area contributed by atoms with Gasteiger partial charge in [0.1, 0.15) is 0 Å². The fraction of sp³-hybridized carbons (Fsp3) is 0.933. The maximum Gasteiger partial charge on any atom is 0.223 e. The quantitative estimate of drug-likeness (QED) is 0.690. The van der Waals surface area contributed by atoms with E-state index in [4.69, 9.17) is 5.73 Å². The van der Waals surface area contributed by atoms with Crippen molar-refractivity contribution in [2.75, 3.05) is 26.2 Å². The molecule has 0 bridgehead atoms. The van der Waals surface area contributed by atoms with E-state index in [1.54, 1.807) is 0 Å². The Morgan fingerprint density at radius 1 is 1.32 bits per heavy atom. The van der Waals surface area contributed by atoms with Gasteiger partial charge in [0.05, 0.1) is 0 Å². The monoisotopic (exact) mass is 269 g/mol. The Labute approximate surface area is 118 Å². The van der Waals surface area contributed by atoms with Crippen LogP contribution in [0.15, 0.2) is 0 Å². The number of carbonyl (C=O) groups is 1. The standard InChI is InChI=1S/C15H31N3O/c1-4-18(5-2)10-6-9-17-15(19)14-11-13(16)8-7-12(14)3/h12-14H,4-11,16H2,1-3H3,(H,17,19). The molecule has 0 aromatic rings. The molecule has 0 spiro atoms. The van der Waals surface area contributed by atoms with Gasteiger partial charge in [-0.15, -0.1) is 0 Å². The highest BCUT2D eigenvalue weighted by atomic mass is 16.1. The molecule has 3 unspecified atom stereocenters. The zero-order chi connectivity index (χ0) is 14.3. The van der Waals surface area contributed by atoms with Crippen molar-refractivity contribution in [3.8, 4) is 0 Å². The first-order chi connectivity index (χ1) is 9.08. The summed E-state index contributed by atoms with van der Waals surface area (Å²) in [5.41, 5.74) is 5.97. The van der Waals surface area contributed by atoms with Crippen LogP contribution in [-0.2, 0) is 4.79 Å². The molecule has 4 heteroatoms. The van der Waals surface area contributed by atoms with Gasteiger partial charge in [0.25, 0.3) is 0 Å². The highest BCUT2D eigenvalue weighted by Gasteiger charge is 2.30. The van der Waals surface area contributed by atoms with Crippen molar-refractivity contribution in [3.63, 3.8) is 0 Å². The number of nitrogens with two attached hydrogens (primary N) is 1. The molecule has 1 saturated carbocycles. The van der Waals surface area contributed by atoms with E-state index in [0.717, 1.165) is 51.9 Å². The van der Waals surface area contributed by atoms with Crippen molar-refractivity contribution in [2.24, 2.45) is 17.6 Å². The molecule has 0 saturated heterocycles. The fourth-order valence-corrected chi connectivity index (χ4v) is 2.91. The van der Waals surface area contributed by atoms with Crippen molar-refractivity contribution in [1.82, 2.24) is 10.2 Å². The molecule has 0 radical (unpaired) electrons. The van der Waals surface area contributed by atoms with E-state index in [2.05, 4.69) is 31.0 Å². The molecule has 0 heterocycles. The van der Waals surface area contributed by atoms with E-state index in [9.17, 15) is 4.79 Å². The van der Waals surface area contributed by atoms with E-state index in [1.165, 1.54) is 0 Å². The van der Waals surface area contributed by atoms with E-state index in [-0.39, 0.29) is 17.9 Å². The van der Waals surface area contributed by atoms with Gasteiger partial charge >= 0.3 is 0 Å². The van der Waals surface area contributed by atoms with Gasteiger partial charge in [-0.25, -0.2) is 0 Å². The van der Waals surface area contributed by atoms with Crippen LogP contribution in [0.2, 0.25) is 0 Å². The van der Waals surface area contributed by atoms with Crippen LogP contribution in [-0.4, -0.2) is 43.0 Å². The average Bonchev–Trinajstić information content (AvgIpc) is 2.41. The van der Waals surface area contributed by atoms with Crippen LogP contribution in [0.4, 0.5) is 0 Å². The molecule has 3 atom stereocenters. The summed E-state index contributed by atoms with van der Waals surface area (Å²) >= 11 is 0. The molecule has 19 heavy (non-hydrogen) atoms. The van der Waals surface area contributed by atoms with E-state index >= 15 is 0 Å². The smallest absolute Gasteiger partial charge is 0.223 e. The van der Waals surface area contributed by atoms with Crippen LogP contribution in [0, 0.1) is 11.8 Å². The van der Waals surface area contributed by atoms with Crippen molar-refractivity contribution in [1.29, 1.82) is 0 Å². The maximum absolute atomic E-state index is 12.2. The molecule has 3 N–H and O–H groups in total. The lowest BCUT2D eigenvalue weighted by atomic mass is 9.78. The van der Waals surface area contributed by atoms with Crippen molar-refractivity contribution in [2.45, 2.75) is 52.5 Å². The van der Waals surface area contributed by atoms with Gasteiger partial charge in [-0.1, -0.05) is 20.8 Å². The number of hydrogen-bond acceptors (Lipinski definition) is 3. The lowest BCUT2D eigenvalue weighted by Gasteiger charge is -2.31. The molecule has 1 amide bonds. The van der Waals surface area contributed by atoms with Gasteiger partial charge in [0, 0.05) is 18.5 Å². The molecule has 1 aliphatic carbocycles. The SMILES string of the molecule is CCN(CC)CCCNC(=O)C1CC(N)CCC1C. The summed E-state index contributed by atoms with van der Waals surface area (Å²) < 4.78 is 0. The Kier molecular flexibility index (Phi) is 7.39. The minimum atomic E-state index is 0.122. The van der Waals surface area contributed by atoms with Crippen LogP contribution >= 0.6 is 0 Å². The first-order valence-corrected chi connectivity index (χ1v) is 7.84. The van der Waals surface area contributed by atoms with E-state index in [0.29, 0.717) is 5.92 Å². The molecule has 4 nitrogen and oxygen atoms in total. The van der Waals surface area contributed by atoms with Crippen LogP contribution in [0.5, 0.6) is 0 Å². The summed E-state index contributed by atoms with van der Waals surface area (Å²) in [5, 5.41) is 3.09. The van der Waals surface area contributed by atoms with Gasteiger partial charge in [-0.05, 0) is 51.2 Å². The van der Waals surface area contributed by atoms with Crippen LogP contribution < -0.4 is 11.1 Å². The second-order valence-electron chi connectivity index (χ2n) is 5.83. The maximum atomic E-state index is 12.2. The summed E-state index contributed by atoms with van der Waals surface area (Å²) in [6, 6.07) is 0.211. The highest BCUT2D eigenvalue weighted by molar-refractivity contribution is 5.79. The first-order valence-electron chi connectivity index (χ1n) is 7.84. The normalized spacial score (nSPS) is 27.5. The van der Waals surface area contributed by atoms with Crippen LogP contribution in [0.3, 0.4) is 0 Å². The van der Waals surface area contributed by atoms with Crippen LogP contribution in [0.1, 0.15) is 46.5 Å². The molecule has 1 rings (SSSR count). The lowest BCUT2D eigenvalue weighted by Crippen LogP contribution is -2.42. The Bertz CT molecular complexity index is 266. The number of carbonyl (C=O) groups excluding carboxylic acids is 1. The second kappa shape index (κ2) is 8.54. The third kappa shape index (κ3) is 5.49. The van der Waals surface area contributed by atoms with Crippen LogP contribution in [0.25, 0.3) is 0 Å². The summed E-state index contributed by atoms with van der Waals surface area (Å²) in [4.78, 5) is 14.5. The Morgan fingerprint density at radius 2 is 2.00 bits per heavy atom. The summed E-state index contributed by atoms with van der Waals surface area (Å²) in [6.07, 6.45) is 4.02. The predicted octanol–water partition coefficient (Wildman–Crippen LogP) is 1.60. The third-order valence-corrected chi connectivity index (χ3v) is 4.42. The predicted molar refractivity (Wildman–Crippen MR) is 79.9 cm³/mol. The van der Waals surface area contributed by atoms with Crippen molar-refractivity contribution in [3.05, 3.63) is 0 Å². The Hall–Kier alpha value is -0.610. The zero-order valence-corrected chi connectivity index (χ0v) is 12.8. The minimum absolute atomic E-state index is 0.122. The summed E-state index contributed by atoms with van der Waals surface area (Å²) in [7, 11) is 0. The molecule has 0 aromatic carbocycles. The molecule has 0 aromatic heterocycles. The van der Waals surface area contributed by atoms with Gasteiger partial charge < -0.3 is 16.0 Å². The number of hydrogen-bond donors (Lipinski definition) is 2. The number of nitrogens with zero attached hydrogens (tertiary/aromatic N) is 1. The molecule has 1 fully saturated rings. The minimum Gasteiger partial charge on any atom is -0.356 e. The van der Waals surface area contributed by atoms with Crippen molar-refractivity contribution < 1.29 is 4.79 Å². The Morgan fingerprint density at radius 3 is 2.63 bits per heavy atom. The first kappa shape index (κ1) is 16.4. The van der Waals surface area contributed by atoms with E-state index in [1.807, 2.05) is 0 Å². The molecule has 1 aliphatic rings. The van der Waals surface area contributed by atoms with Crippen molar-refractivity contribution >= 4 is 5.91 Å². The number of amides is 1. The molecular formula is C15H31N3O. The topological polar surface area (TPSA) is 58.4 Å².